The number of rotatable bonds is 2. The molecule has 1 aromatic carbocycles. The Morgan fingerprint density at radius 3 is 2.86 bits per heavy atom. The number of carboxylic acid groups (broad SMARTS) is 1. The van der Waals surface area contributed by atoms with Crippen LogP contribution in [0.5, 0.6) is 0 Å². The lowest BCUT2D eigenvalue weighted by Gasteiger charge is -1.96. The molecule has 0 aliphatic heterocycles. The zero-order chi connectivity index (χ0) is 10.6. The first-order valence-electron chi connectivity index (χ1n) is 3.75. The molecule has 0 aliphatic rings. The second-order valence-corrected chi connectivity index (χ2v) is 2.49. The van der Waals surface area contributed by atoms with Gasteiger partial charge in [-0.25, -0.2) is 9.18 Å². The molecule has 0 fully saturated rings. The first-order valence-corrected chi connectivity index (χ1v) is 3.75. The van der Waals surface area contributed by atoms with Crippen LogP contribution in [0.15, 0.2) is 24.3 Å². The molecule has 1 N–H and O–H groups in total. The average Bonchev–Trinajstić information content (AvgIpc) is 2.16. The average molecular weight is 191 g/mol. The summed E-state index contributed by atoms with van der Waals surface area (Å²) < 4.78 is 13.3. The Hall–Kier alpha value is -2.15. The molecule has 0 heterocycles. The van der Waals surface area contributed by atoms with E-state index in [2.05, 4.69) is 0 Å². The molecule has 0 amide bonds. The van der Waals surface area contributed by atoms with Gasteiger partial charge < -0.3 is 5.11 Å². The van der Waals surface area contributed by atoms with Crippen molar-refractivity contribution in [3.05, 3.63) is 41.2 Å². The van der Waals surface area contributed by atoms with Gasteiger partial charge in [0, 0.05) is 11.6 Å². The zero-order valence-electron chi connectivity index (χ0n) is 7.07. The highest BCUT2D eigenvalue weighted by atomic mass is 19.1. The molecule has 1 aromatic rings. The third-order valence-corrected chi connectivity index (χ3v) is 1.55. The summed E-state index contributed by atoms with van der Waals surface area (Å²) in [5.41, 5.74) is -0.0102. The van der Waals surface area contributed by atoms with Crippen LogP contribution in [0.4, 0.5) is 4.39 Å². The molecule has 0 aliphatic carbocycles. The van der Waals surface area contributed by atoms with E-state index < -0.39 is 11.8 Å². The molecular formula is C10H6FNO2. The van der Waals surface area contributed by atoms with Gasteiger partial charge in [0.2, 0.25) is 0 Å². The summed E-state index contributed by atoms with van der Waals surface area (Å²) in [5.74, 6) is -1.86. The maximum atomic E-state index is 13.3. The molecule has 0 aromatic heterocycles. The normalized spacial score (nSPS) is 10.0. The lowest BCUT2D eigenvalue weighted by Crippen LogP contribution is -1.90. The number of hydrogen-bond acceptors (Lipinski definition) is 2. The Kier molecular flexibility index (Phi) is 2.97. The van der Waals surface area contributed by atoms with Gasteiger partial charge in [0.15, 0.2) is 0 Å². The SMILES string of the molecule is N#Cc1cccc(/C=C/C(=O)O)c1F. The van der Waals surface area contributed by atoms with E-state index in [0.717, 1.165) is 12.2 Å². The molecule has 4 heteroatoms. The maximum Gasteiger partial charge on any atom is 0.328 e. The summed E-state index contributed by atoms with van der Waals surface area (Å²) in [7, 11) is 0. The van der Waals surface area contributed by atoms with Crippen molar-refractivity contribution in [1.82, 2.24) is 0 Å². The van der Waals surface area contributed by atoms with Crippen molar-refractivity contribution < 1.29 is 14.3 Å². The number of halogens is 1. The van der Waals surface area contributed by atoms with Gasteiger partial charge in [0.1, 0.15) is 11.9 Å². The minimum absolute atomic E-state index is 0.0893. The number of benzene rings is 1. The van der Waals surface area contributed by atoms with E-state index >= 15 is 0 Å². The summed E-state index contributed by atoms with van der Waals surface area (Å²) in [6.45, 7) is 0. The highest BCUT2D eigenvalue weighted by Gasteiger charge is 2.04. The van der Waals surface area contributed by atoms with E-state index in [1.54, 1.807) is 6.07 Å². The molecule has 0 spiro atoms. The molecule has 0 atom stereocenters. The number of nitrogens with zero attached hydrogens (tertiary/aromatic N) is 1. The largest absolute Gasteiger partial charge is 0.478 e. The maximum absolute atomic E-state index is 13.3. The molecular weight excluding hydrogens is 185 g/mol. The van der Waals surface area contributed by atoms with E-state index in [0.29, 0.717) is 0 Å². The van der Waals surface area contributed by atoms with E-state index in [9.17, 15) is 9.18 Å². The highest BCUT2D eigenvalue weighted by Crippen LogP contribution is 2.13. The molecule has 0 saturated carbocycles. The minimum Gasteiger partial charge on any atom is -0.478 e. The van der Waals surface area contributed by atoms with Crippen LogP contribution >= 0.6 is 0 Å². The van der Waals surface area contributed by atoms with Gasteiger partial charge in [-0.3, -0.25) is 0 Å². The van der Waals surface area contributed by atoms with Gasteiger partial charge >= 0.3 is 5.97 Å². The molecule has 0 bridgehead atoms. The van der Waals surface area contributed by atoms with Crippen molar-refractivity contribution >= 4 is 12.0 Å². The number of hydrogen-bond donors (Lipinski definition) is 1. The predicted octanol–water partition coefficient (Wildman–Crippen LogP) is 1.80. The molecule has 1 rings (SSSR count). The van der Waals surface area contributed by atoms with Gasteiger partial charge in [-0.05, 0) is 12.1 Å². The summed E-state index contributed by atoms with van der Waals surface area (Å²) in [6, 6.07) is 5.88. The first kappa shape index (κ1) is 9.93. The Labute approximate surface area is 79.7 Å². The van der Waals surface area contributed by atoms with Crippen molar-refractivity contribution in [1.29, 1.82) is 5.26 Å². The third-order valence-electron chi connectivity index (χ3n) is 1.55. The monoisotopic (exact) mass is 191 g/mol. The summed E-state index contributed by atoms with van der Waals surface area (Å²) in [4.78, 5) is 10.2. The van der Waals surface area contributed by atoms with E-state index in [-0.39, 0.29) is 11.1 Å². The van der Waals surface area contributed by atoms with Gasteiger partial charge in [-0.15, -0.1) is 0 Å². The van der Waals surface area contributed by atoms with Gasteiger partial charge in [-0.1, -0.05) is 12.1 Å². The molecule has 3 nitrogen and oxygen atoms in total. The van der Waals surface area contributed by atoms with Crippen LogP contribution in [-0.2, 0) is 4.79 Å². The highest BCUT2D eigenvalue weighted by molar-refractivity contribution is 5.85. The van der Waals surface area contributed by atoms with Crippen molar-refractivity contribution in [2.24, 2.45) is 0 Å². The quantitative estimate of drug-likeness (QED) is 0.725. The van der Waals surface area contributed by atoms with Crippen LogP contribution in [0.3, 0.4) is 0 Å². The number of aliphatic carboxylic acids is 1. The van der Waals surface area contributed by atoms with Crippen molar-refractivity contribution in [2.45, 2.75) is 0 Å². The predicted molar refractivity (Wildman–Crippen MR) is 47.8 cm³/mol. The second-order valence-electron chi connectivity index (χ2n) is 2.49. The van der Waals surface area contributed by atoms with E-state index in [1.165, 1.54) is 18.2 Å². The Bertz CT molecular complexity index is 432. The molecule has 0 radical (unpaired) electrons. The number of carbonyl (C=O) groups is 1. The molecule has 0 unspecified atom stereocenters. The Morgan fingerprint density at radius 1 is 1.57 bits per heavy atom. The fourth-order valence-electron chi connectivity index (χ4n) is 0.926. The van der Waals surface area contributed by atoms with Gasteiger partial charge in [0.05, 0.1) is 5.56 Å². The zero-order valence-corrected chi connectivity index (χ0v) is 7.07. The van der Waals surface area contributed by atoms with Gasteiger partial charge in [-0.2, -0.15) is 5.26 Å². The number of nitriles is 1. The Morgan fingerprint density at radius 2 is 2.29 bits per heavy atom. The van der Waals surface area contributed by atoms with Crippen LogP contribution in [0.1, 0.15) is 11.1 Å². The van der Waals surface area contributed by atoms with Crippen LogP contribution in [0, 0.1) is 17.1 Å². The van der Waals surface area contributed by atoms with Crippen LogP contribution in [0.2, 0.25) is 0 Å². The van der Waals surface area contributed by atoms with E-state index in [1.807, 2.05) is 0 Å². The fraction of sp³-hybridized carbons (Fsp3) is 0. The van der Waals surface area contributed by atoms with E-state index in [4.69, 9.17) is 10.4 Å². The lowest BCUT2D eigenvalue weighted by atomic mass is 10.1. The fourth-order valence-corrected chi connectivity index (χ4v) is 0.926. The molecule has 14 heavy (non-hydrogen) atoms. The van der Waals surface area contributed by atoms with Crippen molar-refractivity contribution in [3.8, 4) is 6.07 Å². The van der Waals surface area contributed by atoms with Crippen molar-refractivity contribution in [3.63, 3.8) is 0 Å². The third kappa shape index (κ3) is 2.17. The lowest BCUT2D eigenvalue weighted by molar-refractivity contribution is -0.131. The number of carboxylic acids is 1. The topological polar surface area (TPSA) is 61.1 Å². The minimum atomic E-state index is -1.16. The first-order chi connectivity index (χ1) is 6.65. The van der Waals surface area contributed by atoms with Crippen LogP contribution in [-0.4, -0.2) is 11.1 Å². The molecule has 70 valence electrons. The smallest absolute Gasteiger partial charge is 0.328 e. The standard InChI is InChI=1S/C10H6FNO2/c11-10-7(4-5-9(13)14)2-1-3-8(10)6-12/h1-5H,(H,13,14)/b5-4+. The van der Waals surface area contributed by atoms with Crippen LogP contribution < -0.4 is 0 Å². The van der Waals surface area contributed by atoms with Gasteiger partial charge in [0.25, 0.3) is 0 Å². The van der Waals surface area contributed by atoms with Crippen molar-refractivity contribution in [2.75, 3.05) is 0 Å². The summed E-state index contributed by atoms with van der Waals surface area (Å²) in [6.07, 6.45) is 1.93. The Balaban J connectivity index is 3.12. The summed E-state index contributed by atoms with van der Waals surface area (Å²) in [5, 5.41) is 16.8. The van der Waals surface area contributed by atoms with Crippen LogP contribution in [0.25, 0.3) is 6.08 Å². The summed E-state index contributed by atoms with van der Waals surface area (Å²) >= 11 is 0. The molecule has 0 saturated heterocycles. The second kappa shape index (κ2) is 4.19.